The van der Waals surface area contributed by atoms with Crippen LogP contribution in [0.5, 0.6) is 5.75 Å². The van der Waals surface area contributed by atoms with Gasteiger partial charge in [-0.25, -0.2) is 4.39 Å². The quantitative estimate of drug-likeness (QED) is 0.355. The number of benzene rings is 1. The summed E-state index contributed by atoms with van der Waals surface area (Å²) in [4.78, 5) is 42.6. The molecule has 0 spiro atoms. The van der Waals surface area contributed by atoms with Crippen LogP contribution in [0.1, 0.15) is 54.6 Å². The van der Waals surface area contributed by atoms with Crippen molar-refractivity contribution in [2.24, 2.45) is 17.6 Å². The van der Waals surface area contributed by atoms with Crippen molar-refractivity contribution in [2.75, 3.05) is 20.6 Å². The van der Waals surface area contributed by atoms with Crippen LogP contribution in [-0.4, -0.2) is 85.5 Å². The van der Waals surface area contributed by atoms with Gasteiger partial charge < -0.3 is 26.2 Å². The smallest absolute Gasteiger partial charge is 0.255 e. The number of hydrogen-bond acceptors (Lipinski definition) is 9. The van der Waals surface area contributed by atoms with E-state index < -0.39 is 69.6 Å². The number of amides is 1. The number of carbonyl (C=O) groups excluding carboxylic acids is 3. The van der Waals surface area contributed by atoms with E-state index in [0.29, 0.717) is 0 Å². The molecule has 0 aromatic heterocycles. The Bertz CT molecular complexity index is 1380. The highest BCUT2D eigenvalue weighted by molar-refractivity contribution is 6.24. The van der Waals surface area contributed by atoms with Crippen LogP contribution in [0.3, 0.4) is 0 Å². The second kappa shape index (κ2) is 8.87. The molecule has 39 heavy (non-hydrogen) atoms. The third-order valence-electron chi connectivity index (χ3n) is 9.16. The van der Waals surface area contributed by atoms with Gasteiger partial charge in [0, 0.05) is 34.7 Å². The second-order valence-corrected chi connectivity index (χ2v) is 12.0. The van der Waals surface area contributed by atoms with Crippen molar-refractivity contribution in [1.29, 1.82) is 0 Å². The molecule has 1 saturated heterocycles. The van der Waals surface area contributed by atoms with E-state index in [9.17, 15) is 34.8 Å². The lowest BCUT2D eigenvalue weighted by atomic mass is 9.58. The van der Waals surface area contributed by atoms with E-state index in [1.54, 1.807) is 14.1 Å². The maximum atomic E-state index is 16.0. The Kier molecular flexibility index (Phi) is 6.21. The van der Waals surface area contributed by atoms with Crippen molar-refractivity contribution in [3.8, 4) is 5.75 Å². The van der Waals surface area contributed by atoms with Gasteiger partial charge in [-0.1, -0.05) is 0 Å². The van der Waals surface area contributed by atoms with Gasteiger partial charge in [-0.05, 0) is 72.2 Å². The van der Waals surface area contributed by atoms with E-state index in [-0.39, 0.29) is 47.2 Å². The highest BCUT2D eigenvalue weighted by Crippen LogP contribution is 2.52. The molecule has 1 aromatic rings. The molecule has 0 saturated carbocycles. The number of ketones is 2. The summed E-state index contributed by atoms with van der Waals surface area (Å²) in [7, 11) is 3.11. The Balaban J connectivity index is 1.63. The summed E-state index contributed by atoms with van der Waals surface area (Å²) in [5.41, 5.74) is 1.24. The number of phenols is 1. The number of fused-ring (bicyclic) bond motifs is 3. The van der Waals surface area contributed by atoms with Crippen molar-refractivity contribution in [3.05, 3.63) is 51.2 Å². The number of Topliss-reactive ketones (excluding diaryl/α,β-unsaturated/α-hetero) is 2. The number of halogens is 1. The van der Waals surface area contributed by atoms with Gasteiger partial charge in [0.25, 0.3) is 5.91 Å². The van der Waals surface area contributed by atoms with Gasteiger partial charge in [0.05, 0.1) is 11.6 Å². The van der Waals surface area contributed by atoms with Crippen LogP contribution in [0, 0.1) is 17.7 Å². The number of aromatic hydroxyl groups is 1. The van der Waals surface area contributed by atoms with E-state index in [1.807, 2.05) is 0 Å². The number of aliphatic hydroxyl groups is 3. The zero-order chi connectivity index (χ0) is 28.8. The number of allylic oxidation sites excluding steroid dienone is 1. The average Bonchev–Trinajstić information content (AvgIpc) is 3.16. The molecule has 3 aliphatic carbocycles. The number of nitrogens with two attached hydrogens (primary N) is 1. The highest BCUT2D eigenvalue weighted by Gasteiger charge is 2.63. The Morgan fingerprint density at radius 3 is 2.46 bits per heavy atom. The molecule has 1 heterocycles. The highest BCUT2D eigenvalue weighted by atomic mass is 19.1. The largest absolute Gasteiger partial charge is 0.510 e. The first-order chi connectivity index (χ1) is 18.1. The molecule has 5 rings (SSSR count). The predicted molar refractivity (Wildman–Crippen MR) is 137 cm³/mol. The standard InChI is InChI=1S/C28H34FN3O7/c1-27(2)6-5-7-32(27)11-13-10-16(33)18-14(20(13)29)8-12-9-15-21(31(3)4)23(35)19(26(30)38)25(37)28(15,39)24(36)17(12)22(18)34/h10,12,15,21,33,35-36,39H,5-9,11H2,1-4H3,(H2,30,38)/t12-,15-,21-,28-/m0/s1. The summed E-state index contributed by atoms with van der Waals surface area (Å²) in [6.45, 7) is 5.17. The summed E-state index contributed by atoms with van der Waals surface area (Å²) >= 11 is 0. The van der Waals surface area contributed by atoms with Gasteiger partial charge in [-0.15, -0.1) is 0 Å². The first-order valence-corrected chi connectivity index (χ1v) is 13.1. The number of phenolic OH excluding ortho intramolecular Hbond substituents is 1. The lowest BCUT2D eigenvalue weighted by Gasteiger charge is -2.50. The van der Waals surface area contributed by atoms with Crippen LogP contribution in [0.2, 0.25) is 0 Å². The van der Waals surface area contributed by atoms with Gasteiger partial charge in [-0.2, -0.15) is 0 Å². The van der Waals surface area contributed by atoms with Crippen LogP contribution in [0.25, 0.3) is 0 Å². The van der Waals surface area contributed by atoms with Crippen LogP contribution < -0.4 is 5.73 Å². The van der Waals surface area contributed by atoms with Crippen molar-refractivity contribution < 1.29 is 39.2 Å². The van der Waals surface area contributed by atoms with Crippen molar-refractivity contribution >= 4 is 17.5 Å². The molecule has 11 heteroatoms. The SMILES string of the molecule is CN(C)[C@@H]1C(O)=C(C(N)=O)C(=O)[C@@]2(O)C(O)=C3C(=O)c4c(O)cc(CN5CCCC5(C)C)c(F)c4C[C@H]3C[C@@H]12. The molecule has 210 valence electrons. The monoisotopic (exact) mass is 543 g/mol. The molecule has 6 N–H and O–H groups in total. The van der Waals surface area contributed by atoms with Crippen LogP contribution in [0.15, 0.2) is 28.7 Å². The third-order valence-corrected chi connectivity index (χ3v) is 9.16. The molecule has 1 aliphatic heterocycles. The molecule has 1 amide bonds. The molecule has 10 nitrogen and oxygen atoms in total. The fourth-order valence-electron chi connectivity index (χ4n) is 7.13. The molecule has 0 unspecified atom stereocenters. The van der Waals surface area contributed by atoms with Crippen molar-refractivity contribution in [1.82, 2.24) is 9.80 Å². The van der Waals surface area contributed by atoms with Gasteiger partial charge in [0.1, 0.15) is 28.7 Å². The Hall–Kier alpha value is -3.28. The minimum Gasteiger partial charge on any atom is -0.510 e. The fourth-order valence-corrected chi connectivity index (χ4v) is 7.13. The Morgan fingerprint density at radius 1 is 1.23 bits per heavy atom. The zero-order valence-electron chi connectivity index (χ0n) is 22.4. The molecular formula is C28H34FN3O7. The topological polar surface area (TPSA) is 165 Å². The number of nitrogens with zero attached hydrogens (tertiary/aromatic N) is 2. The Morgan fingerprint density at radius 2 is 1.90 bits per heavy atom. The van der Waals surface area contributed by atoms with Crippen molar-refractivity contribution in [2.45, 2.75) is 63.3 Å². The van der Waals surface area contributed by atoms with Crippen molar-refractivity contribution in [3.63, 3.8) is 0 Å². The zero-order valence-corrected chi connectivity index (χ0v) is 22.4. The van der Waals surface area contributed by atoms with E-state index in [0.717, 1.165) is 19.4 Å². The Labute approximate surface area is 225 Å². The number of rotatable bonds is 4. The molecule has 4 atom stereocenters. The minimum absolute atomic E-state index is 0.0140. The molecule has 4 aliphatic rings. The number of likely N-dealkylation sites (N-methyl/N-ethyl adjacent to an activating group) is 1. The van der Waals surface area contributed by atoms with E-state index in [4.69, 9.17) is 5.73 Å². The van der Waals surface area contributed by atoms with Crippen LogP contribution >= 0.6 is 0 Å². The van der Waals surface area contributed by atoms with Crippen LogP contribution in [0.4, 0.5) is 4.39 Å². The minimum atomic E-state index is -2.72. The van der Waals surface area contributed by atoms with Gasteiger partial charge in [0.2, 0.25) is 5.78 Å². The van der Waals surface area contributed by atoms with Gasteiger partial charge >= 0.3 is 0 Å². The van der Waals surface area contributed by atoms with Gasteiger partial charge in [-0.3, -0.25) is 24.2 Å². The summed E-state index contributed by atoms with van der Waals surface area (Å²) in [6.07, 6.45) is 1.75. The average molecular weight is 544 g/mol. The molecule has 1 fully saturated rings. The molecule has 0 radical (unpaired) electrons. The predicted octanol–water partition coefficient (Wildman–Crippen LogP) is 1.63. The number of aliphatic hydroxyl groups excluding tert-OH is 2. The lowest BCUT2D eigenvalue weighted by Crippen LogP contribution is -2.63. The fraction of sp³-hybridized carbons (Fsp3) is 0.536. The first-order valence-electron chi connectivity index (χ1n) is 13.1. The van der Waals surface area contributed by atoms with Crippen LogP contribution in [-0.2, 0) is 22.6 Å². The van der Waals surface area contributed by atoms with E-state index in [1.165, 1.54) is 11.0 Å². The summed E-state index contributed by atoms with van der Waals surface area (Å²) in [6, 6.07) is 0.121. The first kappa shape index (κ1) is 27.3. The summed E-state index contributed by atoms with van der Waals surface area (Å²) in [5.74, 6) is -8.15. The van der Waals surface area contributed by atoms with E-state index in [2.05, 4.69) is 18.7 Å². The number of carbonyl (C=O) groups is 3. The molecule has 0 bridgehead atoms. The lowest BCUT2D eigenvalue weighted by molar-refractivity contribution is -0.148. The summed E-state index contributed by atoms with van der Waals surface area (Å²) in [5, 5.41) is 44.6. The maximum Gasteiger partial charge on any atom is 0.255 e. The van der Waals surface area contributed by atoms with Gasteiger partial charge in [0.15, 0.2) is 11.4 Å². The normalized spacial score (nSPS) is 30.5. The number of hydrogen-bond donors (Lipinski definition) is 5. The third kappa shape index (κ3) is 3.74. The number of likely N-dealkylation sites (tertiary alicyclic amines) is 1. The molecule has 1 aromatic carbocycles. The number of primary amides is 1. The molecular weight excluding hydrogens is 509 g/mol. The maximum absolute atomic E-state index is 16.0. The van der Waals surface area contributed by atoms with E-state index >= 15 is 4.39 Å². The second-order valence-electron chi connectivity index (χ2n) is 12.0. The summed E-state index contributed by atoms with van der Waals surface area (Å²) < 4.78 is 16.0.